The summed E-state index contributed by atoms with van der Waals surface area (Å²) in [5.41, 5.74) is 0.167. The molecule has 1 aromatic carbocycles. The van der Waals surface area contributed by atoms with Crippen LogP contribution in [-0.4, -0.2) is 46.2 Å². The SMILES string of the molecule is CC(C)(C)OC(=O)Nc1cc(N2CC[C@H](O)C2=O)cc2cc(NC(=O)[C@H]3C[C@@H]3C#N)ncc12. The van der Waals surface area contributed by atoms with Gasteiger partial charge in [0, 0.05) is 30.2 Å². The molecule has 2 fully saturated rings. The zero-order chi connectivity index (χ0) is 23.9. The predicted octanol–water partition coefficient (Wildman–Crippen LogP) is 2.78. The lowest BCUT2D eigenvalue weighted by Crippen LogP contribution is -2.29. The van der Waals surface area contributed by atoms with Gasteiger partial charge in [-0.05, 0) is 50.8 Å². The third kappa shape index (κ3) is 4.88. The number of nitriles is 1. The first kappa shape index (κ1) is 22.5. The molecule has 2 aliphatic rings. The molecule has 1 aromatic heterocycles. The Labute approximate surface area is 190 Å². The zero-order valence-electron chi connectivity index (χ0n) is 18.6. The maximum atomic E-state index is 12.4. The Morgan fingerprint density at radius 1 is 1.27 bits per heavy atom. The van der Waals surface area contributed by atoms with Gasteiger partial charge >= 0.3 is 6.09 Å². The van der Waals surface area contributed by atoms with Crippen LogP contribution in [0, 0.1) is 23.2 Å². The largest absolute Gasteiger partial charge is 0.444 e. The second-order valence-electron chi connectivity index (χ2n) is 9.27. The van der Waals surface area contributed by atoms with Gasteiger partial charge in [-0.2, -0.15) is 5.26 Å². The number of amides is 3. The van der Waals surface area contributed by atoms with Crippen LogP contribution < -0.4 is 15.5 Å². The predicted molar refractivity (Wildman–Crippen MR) is 120 cm³/mol. The average Bonchev–Trinajstić information content (AvgIpc) is 3.45. The number of aliphatic hydroxyl groups excluding tert-OH is 1. The Morgan fingerprint density at radius 3 is 2.64 bits per heavy atom. The minimum atomic E-state index is -1.07. The van der Waals surface area contributed by atoms with Crippen LogP contribution in [0.2, 0.25) is 0 Å². The van der Waals surface area contributed by atoms with Gasteiger partial charge in [0.2, 0.25) is 5.91 Å². The first-order chi connectivity index (χ1) is 15.6. The van der Waals surface area contributed by atoms with E-state index >= 15 is 0 Å². The van der Waals surface area contributed by atoms with Crippen LogP contribution in [0.3, 0.4) is 0 Å². The number of ether oxygens (including phenoxy) is 1. The molecular formula is C23H25N5O5. The van der Waals surface area contributed by atoms with Crippen molar-refractivity contribution in [2.75, 3.05) is 22.1 Å². The lowest BCUT2D eigenvalue weighted by Gasteiger charge is -2.22. The summed E-state index contributed by atoms with van der Waals surface area (Å²) >= 11 is 0. The quantitative estimate of drug-likeness (QED) is 0.648. The molecule has 1 saturated heterocycles. The number of hydrogen-bond acceptors (Lipinski definition) is 7. The first-order valence-corrected chi connectivity index (χ1v) is 10.7. The van der Waals surface area contributed by atoms with Crippen molar-refractivity contribution in [1.29, 1.82) is 5.26 Å². The molecule has 3 N–H and O–H groups in total. The Hall–Kier alpha value is -3.71. The summed E-state index contributed by atoms with van der Waals surface area (Å²) in [5, 5.41) is 25.4. The van der Waals surface area contributed by atoms with Gasteiger partial charge in [-0.15, -0.1) is 0 Å². The highest BCUT2D eigenvalue weighted by Crippen LogP contribution is 2.39. The third-order valence-electron chi connectivity index (χ3n) is 5.49. The van der Waals surface area contributed by atoms with E-state index in [1.807, 2.05) is 0 Å². The van der Waals surface area contributed by atoms with Crippen LogP contribution in [0.25, 0.3) is 10.8 Å². The lowest BCUT2D eigenvalue weighted by atomic mass is 10.1. The second-order valence-corrected chi connectivity index (χ2v) is 9.27. The van der Waals surface area contributed by atoms with Gasteiger partial charge < -0.3 is 20.1 Å². The van der Waals surface area contributed by atoms with Crippen molar-refractivity contribution in [1.82, 2.24) is 4.98 Å². The average molecular weight is 451 g/mol. The Bertz CT molecular complexity index is 1180. The summed E-state index contributed by atoms with van der Waals surface area (Å²) in [4.78, 5) is 42.9. The van der Waals surface area contributed by atoms with Crippen molar-refractivity contribution in [3.63, 3.8) is 0 Å². The van der Waals surface area contributed by atoms with Crippen LogP contribution in [0.1, 0.15) is 33.6 Å². The standard InChI is InChI=1S/C23H25N5O5/c1-23(2,3)33-22(32)26-17-9-14(28-5-4-18(29)21(28)31)6-12-8-19(25-11-16(12)17)27-20(30)15-7-13(15)10-24/h6,8-9,11,13,15,18,29H,4-5,7H2,1-3H3,(H,26,32)(H,25,27,30)/t13-,15+,18+/m1/s1. The van der Waals surface area contributed by atoms with Crippen molar-refractivity contribution in [2.45, 2.75) is 45.3 Å². The highest BCUT2D eigenvalue weighted by molar-refractivity contribution is 6.07. The zero-order valence-corrected chi connectivity index (χ0v) is 18.6. The fraction of sp³-hybridized carbons (Fsp3) is 0.435. The van der Waals surface area contributed by atoms with Gasteiger partial charge in [-0.25, -0.2) is 9.78 Å². The fourth-order valence-corrected chi connectivity index (χ4v) is 3.75. The number of anilines is 3. The summed E-state index contributed by atoms with van der Waals surface area (Å²) in [6, 6.07) is 7.08. The number of aromatic nitrogens is 1. The van der Waals surface area contributed by atoms with Crippen molar-refractivity contribution in [3.05, 3.63) is 24.4 Å². The fourth-order valence-electron chi connectivity index (χ4n) is 3.75. The van der Waals surface area contributed by atoms with Crippen molar-refractivity contribution in [3.8, 4) is 6.07 Å². The molecule has 10 nitrogen and oxygen atoms in total. The number of hydrogen-bond donors (Lipinski definition) is 3. The number of rotatable bonds is 4. The van der Waals surface area contributed by atoms with E-state index in [-0.39, 0.29) is 17.7 Å². The van der Waals surface area contributed by atoms with Gasteiger partial charge in [0.25, 0.3) is 5.91 Å². The second kappa shape index (κ2) is 8.33. The van der Waals surface area contributed by atoms with Gasteiger partial charge in [0.1, 0.15) is 17.5 Å². The Morgan fingerprint density at radius 2 is 2.03 bits per heavy atom. The number of carbonyl (C=O) groups excluding carboxylic acids is 3. The number of benzene rings is 1. The van der Waals surface area contributed by atoms with Gasteiger partial charge in [-0.3, -0.25) is 14.9 Å². The molecule has 0 bridgehead atoms. The molecule has 10 heteroatoms. The summed E-state index contributed by atoms with van der Waals surface area (Å²) in [5.74, 6) is -1.00. The molecule has 172 valence electrons. The van der Waals surface area contributed by atoms with E-state index < -0.39 is 23.7 Å². The maximum Gasteiger partial charge on any atom is 0.412 e. The molecule has 3 amide bonds. The van der Waals surface area contributed by atoms with E-state index in [4.69, 9.17) is 10.00 Å². The van der Waals surface area contributed by atoms with E-state index in [0.29, 0.717) is 47.4 Å². The third-order valence-corrected chi connectivity index (χ3v) is 5.49. The van der Waals surface area contributed by atoms with Gasteiger partial charge in [-0.1, -0.05) is 0 Å². The number of fused-ring (bicyclic) bond motifs is 1. The summed E-state index contributed by atoms with van der Waals surface area (Å²) < 4.78 is 5.35. The van der Waals surface area contributed by atoms with Crippen LogP contribution in [0.4, 0.5) is 22.0 Å². The number of carbonyl (C=O) groups is 3. The Balaban J connectivity index is 1.68. The van der Waals surface area contributed by atoms with Crippen LogP contribution in [-0.2, 0) is 14.3 Å². The van der Waals surface area contributed by atoms with Crippen molar-refractivity contribution >= 4 is 45.9 Å². The molecule has 0 spiro atoms. The molecular weight excluding hydrogens is 426 g/mol. The summed E-state index contributed by atoms with van der Waals surface area (Å²) in [7, 11) is 0. The van der Waals surface area contributed by atoms with E-state index in [1.165, 1.54) is 11.1 Å². The minimum Gasteiger partial charge on any atom is -0.444 e. The summed E-state index contributed by atoms with van der Waals surface area (Å²) in [6.45, 7) is 5.58. The van der Waals surface area contributed by atoms with Crippen molar-refractivity contribution < 1.29 is 24.2 Å². The van der Waals surface area contributed by atoms with Crippen molar-refractivity contribution in [2.24, 2.45) is 11.8 Å². The normalized spacial score (nSPS) is 22.1. The van der Waals surface area contributed by atoms with E-state index in [1.54, 1.807) is 39.0 Å². The molecule has 1 aliphatic carbocycles. The molecule has 0 unspecified atom stereocenters. The minimum absolute atomic E-state index is 0.269. The Kier molecular flexibility index (Phi) is 5.68. The molecule has 1 saturated carbocycles. The highest BCUT2D eigenvalue weighted by Gasteiger charge is 2.43. The lowest BCUT2D eigenvalue weighted by molar-refractivity contribution is -0.124. The summed E-state index contributed by atoms with van der Waals surface area (Å²) in [6.07, 6.45) is 0.620. The molecule has 0 radical (unpaired) electrons. The number of pyridine rings is 1. The number of nitrogens with one attached hydrogen (secondary N) is 2. The number of aliphatic hydroxyl groups is 1. The van der Waals surface area contributed by atoms with Gasteiger partial charge in [0.15, 0.2) is 0 Å². The smallest absolute Gasteiger partial charge is 0.412 e. The van der Waals surface area contributed by atoms with E-state index in [0.717, 1.165) is 0 Å². The van der Waals surface area contributed by atoms with E-state index in [2.05, 4.69) is 21.7 Å². The topological polar surface area (TPSA) is 145 Å². The number of nitrogens with zero attached hydrogens (tertiary/aromatic N) is 3. The molecule has 1 aliphatic heterocycles. The molecule has 3 atom stereocenters. The molecule has 33 heavy (non-hydrogen) atoms. The first-order valence-electron chi connectivity index (χ1n) is 10.7. The monoisotopic (exact) mass is 451 g/mol. The van der Waals surface area contributed by atoms with E-state index in [9.17, 15) is 19.5 Å². The molecule has 2 aromatic rings. The van der Waals surface area contributed by atoms with Crippen LogP contribution in [0.5, 0.6) is 0 Å². The molecule has 2 heterocycles. The van der Waals surface area contributed by atoms with Crippen LogP contribution >= 0.6 is 0 Å². The maximum absolute atomic E-state index is 12.4. The highest BCUT2D eigenvalue weighted by atomic mass is 16.6. The van der Waals surface area contributed by atoms with Crippen LogP contribution in [0.15, 0.2) is 24.4 Å². The van der Waals surface area contributed by atoms with Gasteiger partial charge in [0.05, 0.1) is 23.6 Å². The molecule has 4 rings (SSSR count).